The van der Waals surface area contributed by atoms with Gasteiger partial charge in [-0.05, 0) is 18.5 Å². The molecule has 2 N–H and O–H groups in total. The standard InChI is InChI=1S/C11H18N2OS/c1-13(5-10-3-2-4-15-10)7-11(6-12)8-14-9-11/h2-4H,5-9,12H2,1H3. The van der Waals surface area contributed by atoms with Crippen LogP contribution in [0, 0.1) is 5.41 Å². The van der Waals surface area contributed by atoms with Crippen LogP contribution in [0.25, 0.3) is 0 Å². The van der Waals surface area contributed by atoms with Gasteiger partial charge in [0.05, 0.1) is 13.2 Å². The van der Waals surface area contributed by atoms with Crippen LogP contribution in [0.2, 0.25) is 0 Å². The molecule has 1 aliphatic heterocycles. The summed E-state index contributed by atoms with van der Waals surface area (Å²) in [5.74, 6) is 0. The van der Waals surface area contributed by atoms with Crippen LogP contribution in [-0.2, 0) is 11.3 Å². The average Bonchev–Trinajstić information content (AvgIpc) is 2.64. The van der Waals surface area contributed by atoms with E-state index in [2.05, 4.69) is 29.5 Å². The molecular formula is C11H18N2OS. The van der Waals surface area contributed by atoms with Crippen molar-refractivity contribution >= 4 is 11.3 Å². The van der Waals surface area contributed by atoms with E-state index in [9.17, 15) is 0 Å². The normalized spacial score (nSPS) is 19.1. The van der Waals surface area contributed by atoms with Crippen molar-refractivity contribution in [1.29, 1.82) is 0 Å². The van der Waals surface area contributed by atoms with Crippen molar-refractivity contribution in [3.05, 3.63) is 22.4 Å². The monoisotopic (exact) mass is 226 g/mol. The summed E-state index contributed by atoms with van der Waals surface area (Å²) < 4.78 is 5.26. The lowest BCUT2D eigenvalue weighted by Gasteiger charge is -2.42. The maximum atomic E-state index is 5.79. The summed E-state index contributed by atoms with van der Waals surface area (Å²) in [5.41, 5.74) is 6.00. The second kappa shape index (κ2) is 4.61. The molecule has 0 bridgehead atoms. The summed E-state index contributed by atoms with van der Waals surface area (Å²) in [6.45, 7) is 4.40. The van der Waals surface area contributed by atoms with Crippen LogP contribution in [0.1, 0.15) is 4.88 Å². The Morgan fingerprint density at radius 3 is 2.87 bits per heavy atom. The number of nitrogens with zero attached hydrogens (tertiary/aromatic N) is 1. The Kier molecular flexibility index (Phi) is 3.41. The Hall–Kier alpha value is -0.420. The van der Waals surface area contributed by atoms with Crippen molar-refractivity contribution in [2.24, 2.45) is 11.1 Å². The molecule has 3 nitrogen and oxygen atoms in total. The molecule has 1 aromatic rings. The van der Waals surface area contributed by atoms with E-state index >= 15 is 0 Å². The summed E-state index contributed by atoms with van der Waals surface area (Å²) in [6.07, 6.45) is 0. The fourth-order valence-electron chi connectivity index (χ4n) is 1.96. The Bertz CT molecular complexity index is 290. The fraction of sp³-hybridized carbons (Fsp3) is 0.636. The van der Waals surface area contributed by atoms with Crippen LogP contribution in [0.5, 0.6) is 0 Å². The highest BCUT2D eigenvalue weighted by Gasteiger charge is 2.38. The number of nitrogens with two attached hydrogens (primary N) is 1. The second-order valence-electron chi connectivity index (χ2n) is 4.45. The fourth-order valence-corrected chi connectivity index (χ4v) is 2.75. The van der Waals surface area contributed by atoms with E-state index in [-0.39, 0.29) is 5.41 Å². The lowest BCUT2D eigenvalue weighted by Crippen LogP contribution is -2.54. The summed E-state index contributed by atoms with van der Waals surface area (Å²) in [4.78, 5) is 3.74. The second-order valence-corrected chi connectivity index (χ2v) is 5.48. The number of thiophene rings is 1. The summed E-state index contributed by atoms with van der Waals surface area (Å²) in [7, 11) is 2.15. The van der Waals surface area contributed by atoms with Crippen molar-refractivity contribution in [1.82, 2.24) is 4.90 Å². The van der Waals surface area contributed by atoms with Gasteiger partial charge in [0.2, 0.25) is 0 Å². The number of hydrogen-bond acceptors (Lipinski definition) is 4. The molecule has 1 fully saturated rings. The van der Waals surface area contributed by atoms with E-state index in [4.69, 9.17) is 10.5 Å². The zero-order valence-corrected chi connectivity index (χ0v) is 9.93. The van der Waals surface area contributed by atoms with Gasteiger partial charge < -0.3 is 15.4 Å². The highest BCUT2D eigenvalue weighted by atomic mass is 32.1. The largest absolute Gasteiger partial charge is 0.380 e. The number of rotatable bonds is 5. The van der Waals surface area contributed by atoms with Crippen LogP contribution < -0.4 is 5.73 Å². The van der Waals surface area contributed by atoms with Gasteiger partial charge >= 0.3 is 0 Å². The molecule has 0 radical (unpaired) electrons. The Labute approximate surface area is 94.8 Å². The van der Waals surface area contributed by atoms with Crippen molar-refractivity contribution in [3.63, 3.8) is 0 Å². The van der Waals surface area contributed by atoms with E-state index in [1.165, 1.54) is 4.88 Å². The molecule has 1 aromatic heterocycles. The third-order valence-electron chi connectivity index (χ3n) is 2.86. The minimum atomic E-state index is 0.214. The average molecular weight is 226 g/mol. The lowest BCUT2D eigenvalue weighted by molar-refractivity contribution is -0.118. The Morgan fingerprint density at radius 2 is 2.40 bits per heavy atom. The third kappa shape index (κ3) is 2.58. The van der Waals surface area contributed by atoms with Gasteiger partial charge in [0.15, 0.2) is 0 Å². The molecule has 0 aromatic carbocycles. The van der Waals surface area contributed by atoms with Gasteiger partial charge in [0.25, 0.3) is 0 Å². The lowest BCUT2D eigenvalue weighted by atomic mass is 9.85. The van der Waals surface area contributed by atoms with Crippen LogP contribution >= 0.6 is 11.3 Å². The van der Waals surface area contributed by atoms with Gasteiger partial charge in [-0.2, -0.15) is 0 Å². The van der Waals surface area contributed by atoms with Gasteiger partial charge in [-0.3, -0.25) is 0 Å². The van der Waals surface area contributed by atoms with Crippen molar-refractivity contribution in [3.8, 4) is 0 Å². The van der Waals surface area contributed by atoms with Crippen LogP contribution in [0.15, 0.2) is 17.5 Å². The van der Waals surface area contributed by atoms with Gasteiger partial charge in [0.1, 0.15) is 0 Å². The Balaban J connectivity index is 1.84. The molecule has 2 heterocycles. The maximum absolute atomic E-state index is 5.79. The quantitative estimate of drug-likeness (QED) is 0.818. The van der Waals surface area contributed by atoms with E-state index < -0.39 is 0 Å². The van der Waals surface area contributed by atoms with Crippen LogP contribution in [-0.4, -0.2) is 38.3 Å². The molecule has 0 saturated carbocycles. The molecule has 1 saturated heterocycles. The van der Waals surface area contributed by atoms with Crippen molar-refractivity contribution in [2.75, 3.05) is 33.4 Å². The van der Waals surface area contributed by atoms with Gasteiger partial charge in [-0.1, -0.05) is 6.07 Å². The minimum Gasteiger partial charge on any atom is -0.380 e. The molecular weight excluding hydrogens is 208 g/mol. The molecule has 0 spiro atoms. The molecule has 1 aliphatic rings. The van der Waals surface area contributed by atoms with Gasteiger partial charge in [0, 0.05) is 29.9 Å². The predicted octanol–water partition coefficient (Wildman–Crippen LogP) is 1.16. The first kappa shape index (κ1) is 11.1. The highest BCUT2D eigenvalue weighted by molar-refractivity contribution is 7.09. The number of hydrogen-bond donors (Lipinski definition) is 1. The van der Waals surface area contributed by atoms with Crippen LogP contribution in [0.4, 0.5) is 0 Å². The van der Waals surface area contributed by atoms with Crippen molar-refractivity contribution in [2.45, 2.75) is 6.54 Å². The molecule has 2 rings (SSSR count). The molecule has 4 heteroatoms. The molecule has 15 heavy (non-hydrogen) atoms. The van der Waals surface area contributed by atoms with Crippen LogP contribution in [0.3, 0.4) is 0 Å². The molecule has 0 aliphatic carbocycles. The summed E-state index contributed by atoms with van der Waals surface area (Å²) in [6, 6.07) is 4.27. The van der Waals surface area contributed by atoms with Gasteiger partial charge in [-0.15, -0.1) is 11.3 Å². The molecule has 84 valence electrons. The first-order valence-electron chi connectivity index (χ1n) is 5.23. The van der Waals surface area contributed by atoms with Crippen molar-refractivity contribution < 1.29 is 4.74 Å². The minimum absolute atomic E-state index is 0.214. The first-order valence-corrected chi connectivity index (χ1v) is 6.11. The zero-order chi connectivity index (χ0) is 10.7. The van der Waals surface area contributed by atoms with E-state index in [1.54, 1.807) is 11.3 Å². The first-order chi connectivity index (χ1) is 7.24. The molecule has 0 unspecified atom stereocenters. The summed E-state index contributed by atoms with van der Waals surface area (Å²) >= 11 is 1.81. The summed E-state index contributed by atoms with van der Waals surface area (Å²) in [5, 5.41) is 2.12. The molecule has 0 atom stereocenters. The Morgan fingerprint density at radius 1 is 1.60 bits per heavy atom. The SMILES string of the molecule is CN(Cc1cccs1)CC1(CN)COC1. The maximum Gasteiger partial charge on any atom is 0.0569 e. The van der Waals surface area contributed by atoms with Gasteiger partial charge in [-0.25, -0.2) is 0 Å². The zero-order valence-electron chi connectivity index (χ0n) is 9.11. The highest BCUT2D eigenvalue weighted by Crippen LogP contribution is 2.27. The van der Waals surface area contributed by atoms with E-state index in [0.29, 0.717) is 0 Å². The van der Waals surface area contributed by atoms with E-state index in [1.807, 2.05) is 0 Å². The topological polar surface area (TPSA) is 38.5 Å². The number of ether oxygens (including phenoxy) is 1. The smallest absolute Gasteiger partial charge is 0.0569 e. The molecule has 0 amide bonds. The van der Waals surface area contributed by atoms with E-state index in [0.717, 1.165) is 32.8 Å². The third-order valence-corrected chi connectivity index (χ3v) is 3.72. The predicted molar refractivity (Wildman–Crippen MR) is 63.0 cm³/mol.